The summed E-state index contributed by atoms with van der Waals surface area (Å²) in [6.07, 6.45) is -0.825. The summed E-state index contributed by atoms with van der Waals surface area (Å²) in [7, 11) is 0. The third kappa shape index (κ3) is 4.87. The lowest BCUT2D eigenvalue weighted by molar-refractivity contribution is -0.150. The largest absolute Gasteiger partial charge is 0.476 e. The highest BCUT2D eigenvalue weighted by Gasteiger charge is 2.17. The summed E-state index contributed by atoms with van der Waals surface area (Å²) in [5.74, 6) is -0.925. The first kappa shape index (κ1) is 15.4. The number of halogens is 1. The maximum atomic E-state index is 13.8. The number of nitrogens with one attached hydrogen (secondary N) is 1. The molecule has 1 rings (SSSR count). The molecule has 1 aromatic carbocycles. The lowest BCUT2D eigenvalue weighted by Crippen LogP contribution is -2.26. The van der Waals surface area contributed by atoms with E-state index in [2.05, 4.69) is 5.32 Å². The lowest BCUT2D eigenvalue weighted by atomic mass is 10.2. The molecule has 1 unspecified atom stereocenters. The highest BCUT2D eigenvalue weighted by Crippen LogP contribution is 2.20. The molecule has 0 heterocycles. The Morgan fingerprint density at radius 2 is 2.16 bits per heavy atom. The molecule has 4 nitrogen and oxygen atoms in total. The minimum atomic E-state index is -0.825. The Balaban J connectivity index is 2.66. The van der Waals surface area contributed by atoms with Crippen LogP contribution < -0.4 is 10.1 Å². The number of carbonyl (C=O) groups excluding carboxylic acids is 1. The van der Waals surface area contributed by atoms with Gasteiger partial charge in [0.15, 0.2) is 17.7 Å². The molecule has 0 aliphatic rings. The van der Waals surface area contributed by atoms with Gasteiger partial charge in [0.1, 0.15) is 0 Å². The van der Waals surface area contributed by atoms with E-state index >= 15 is 0 Å². The first-order valence-electron chi connectivity index (χ1n) is 6.40. The quantitative estimate of drug-likeness (QED) is 0.771. The molecule has 0 saturated heterocycles. The molecule has 0 spiro atoms. The van der Waals surface area contributed by atoms with Crippen molar-refractivity contribution in [3.05, 3.63) is 29.6 Å². The molecule has 19 heavy (non-hydrogen) atoms. The molecule has 106 valence electrons. The Bertz CT molecular complexity index is 423. The zero-order chi connectivity index (χ0) is 14.3. The lowest BCUT2D eigenvalue weighted by Gasteiger charge is -2.14. The average molecular weight is 269 g/mol. The molecule has 5 heteroatoms. The molecule has 0 aliphatic heterocycles. The second-order valence-electron chi connectivity index (χ2n) is 4.06. The molecule has 0 aromatic heterocycles. The summed E-state index contributed by atoms with van der Waals surface area (Å²) in [5, 5.41) is 3.11. The van der Waals surface area contributed by atoms with Crippen molar-refractivity contribution in [1.82, 2.24) is 5.32 Å². The maximum Gasteiger partial charge on any atom is 0.347 e. The van der Waals surface area contributed by atoms with Crippen molar-refractivity contribution in [2.75, 3.05) is 13.2 Å². The van der Waals surface area contributed by atoms with E-state index in [1.54, 1.807) is 13.0 Å². The molecular weight excluding hydrogens is 249 g/mol. The van der Waals surface area contributed by atoms with Crippen LogP contribution in [0.5, 0.6) is 5.75 Å². The number of carbonyl (C=O) groups is 1. The third-order valence-electron chi connectivity index (χ3n) is 2.50. The smallest absolute Gasteiger partial charge is 0.347 e. The molecule has 1 aromatic rings. The van der Waals surface area contributed by atoms with Crippen LogP contribution in [0.15, 0.2) is 18.2 Å². The van der Waals surface area contributed by atoms with Crippen molar-refractivity contribution in [3.8, 4) is 5.75 Å². The molecule has 0 radical (unpaired) electrons. The topological polar surface area (TPSA) is 47.6 Å². The molecule has 0 amide bonds. The summed E-state index contributed by atoms with van der Waals surface area (Å²) >= 11 is 0. The van der Waals surface area contributed by atoms with Gasteiger partial charge in [-0.15, -0.1) is 0 Å². The van der Waals surface area contributed by atoms with Crippen LogP contribution >= 0.6 is 0 Å². The molecule has 0 saturated carbocycles. The SMILES string of the molecule is CCNCc1ccc(OC(C)C(=O)OCC)c(F)c1. The normalized spacial score (nSPS) is 12.0. The Morgan fingerprint density at radius 3 is 2.74 bits per heavy atom. The van der Waals surface area contributed by atoms with Crippen LogP contribution in [-0.2, 0) is 16.1 Å². The number of benzene rings is 1. The first-order valence-corrected chi connectivity index (χ1v) is 6.40. The second kappa shape index (κ2) is 7.74. The summed E-state index contributed by atoms with van der Waals surface area (Å²) < 4.78 is 23.8. The van der Waals surface area contributed by atoms with Crippen LogP contribution in [-0.4, -0.2) is 25.2 Å². The predicted octanol–water partition coefficient (Wildman–Crippen LogP) is 2.27. The van der Waals surface area contributed by atoms with Gasteiger partial charge in [0.2, 0.25) is 0 Å². The summed E-state index contributed by atoms with van der Waals surface area (Å²) in [4.78, 5) is 11.4. The van der Waals surface area contributed by atoms with Crippen LogP contribution in [0.1, 0.15) is 26.3 Å². The van der Waals surface area contributed by atoms with Crippen LogP contribution in [0, 0.1) is 5.82 Å². The fourth-order valence-electron chi connectivity index (χ4n) is 1.52. The van der Waals surface area contributed by atoms with E-state index in [-0.39, 0.29) is 12.4 Å². The maximum absolute atomic E-state index is 13.8. The molecule has 1 atom stereocenters. The average Bonchev–Trinajstić information content (AvgIpc) is 2.39. The molecule has 0 bridgehead atoms. The highest BCUT2D eigenvalue weighted by atomic mass is 19.1. The van der Waals surface area contributed by atoms with E-state index in [4.69, 9.17) is 9.47 Å². The number of ether oxygens (including phenoxy) is 2. The minimum Gasteiger partial charge on any atom is -0.476 e. The third-order valence-corrected chi connectivity index (χ3v) is 2.50. The van der Waals surface area contributed by atoms with E-state index in [0.29, 0.717) is 6.54 Å². The van der Waals surface area contributed by atoms with Gasteiger partial charge in [-0.25, -0.2) is 9.18 Å². The summed E-state index contributed by atoms with van der Waals surface area (Å²) in [5.41, 5.74) is 0.829. The van der Waals surface area contributed by atoms with Gasteiger partial charge >= 0.3 is 5.97 Å². The number of esters is 1. The van der Waals surface area contributed by atoms with Crippen LogP contribution in [0.25, 0.3) is 0 Å². The molecule has 1 N–H and O–H groups in total. The van der Waals surface area contributed by atoms with Gasteiger partial charge in [0.25, 0.3) is 0 Å². The van der Waals surface area contributed by atoms with Gasteiger partial charge in [0.05, 0.1) is 6.61 Å². The minimum absolute atomic E-state index is 0.0563. The highest BCUT2D eigenvalue weighted by molar-refractivity contribution is 5.74. The zero-order valence-corrected chi connectivity index (χ0v) is 11.5. The van der Waals surface area contributed by atoms with Crippen LogP contribution in [0.4, 0.5) is 4.39 Å². The van der Waals surface area contributed by atoms with Crippen LogP contribution in [0.3, 0.4) is 0 Å². The van der Waals surface area contributed by atoms with Crippen molar-refractivity contribution in [2.24, 2.45) is 0 Å². The summed E-state index contributed by atoms with van der Waals surface area (Å²) in [6.45, 7) is 6.91. The van der Waals surface area contributed by atoms with Crippen LogP contribution in [0.2, 0.25) is 0 Å². The number of hydrogen-bond donors (Lipinski definition) is 1. The Morgan fingerprint density at radius 1 is 1.42 bits per heavy atom. The predicted molar refractivity (Wildman–Crippen MR) is 70.5 cm³/mol. The second-order valence-corrected chi connectivity index (χ2v) is 4.06. The molecular formula is C14H20FNO3. The zero-order valence-electron chi connectivity index (χ0n) is 11.5. The van der Waals surface area contributed by atoms with Crippen molar-refractivity contribution in [2.45, 2.75) is 33.4 Å². The molecule has 0 fully saturated rings. The Kier molecular flexibility index (Phi) is 6.29. The van der Waals surface area contributed by atoms with Gasteiger partial charge in [-0.1, -0.05) is 13.0 Å². The molecule has 0 aliphatic carbocycles. The van der Waals surface area contributed by atoms with E-state index in [1.165, 1.54) is 19.1 Å². The van der Waals surface area contributed by atoms with Gasteiger partial charge in [0, 0.05) is 6.54 Å². The van der Waals surface area contributed by atoms with Crippen molar-refractivity contribution in [3.63, 3.8) is 0 Å². The summed E-state index contributed by atoms with van der Waals surface area (Å²) in [6, 6.07) is 4.69. The van der Waals surface area contributed by atoms with Gasteiger partial charge < -0.3 is 14.8 Å². The number of rotatable bonds is 7. The van der Waals surface area contributed by atoms with E-state index in [9.17, 15) is 9.18 Å². The van der Waals surface area contributed by atoms with Crippen molar-refractivity contribution in [1.29, 1.82) is 0 Å². The van der Waals surface area contributed by atoms with Gasteiger partial charge in [-0.2, -0.15) is 0 Å². The van der Waals surface area contributed by atoms with E-state index in [0.717, 1.165) is 12.1 Å². The van der Waals surface area contributed by atoms with E-state index in [1.807, 2.05) is 6.92 Å². The fraction of sp³-hybridized carbons (Fsp3) is 0.500. The van der Waals surface area contributed by atoms with Crippen molar-refractivity contribution >= 4 is 5.97 Å². The first-order chi connectivity index (χ1) is 9.08. The Hall–Kier alpha value is -1.62. The van der Waals surface area contributed by atoms with Crippen molar-refractivity contribution < 1.29 is 18.7 Å². The number of hydrogen-bond acceptors (Lipinski definition) is 4. The van der Waals surface area contributed by atoms with Gasteiger partial charge in [-0.05, 0) is 38.1 Å². The monoisotopic (exact) mass is 269 g/mol. The Labute approximate surface area is 112 Å². The van der Waals surface area contributed by atoms with E-state index < -0.39 is 17.9 Å². The fourth-order valence-corrected chi connectivity index (χ4v) is 1.52. The standard InChI is InChI=1S/C14H20FNO3/c1-4-16-9-11-6-7-13(12(15)8-11)19-10(3)14(17)18-5-2/h6-8,10,16H,4-5,9H2,1-3H3. The van der Waals surface area contributed by atoms with Gasteiger partial charge in [-0.3, -0.25) is 0 Å².